The number of nitrogens with one attached hydrogen (secondary N) is 1. The zero-order chi connectivity index (χ0) is 9.61. The van der Waals surface area contributed by atoms with Crippen molar-refractivity contribution < 1.29 is 0 Å². The van der Waals surface area contributed by atoms with Crippen LogP contribution >= 0.6 is 0 Å². The highest BCUT2D eigenvalue weighted by molar-refractivity contribution is 4.70. The zero-order valence-electron chi connectivity index (χ0n) is 9.41. The molecule has 0 saturated carbocycles. The highest BCUT2D eigenvalue weighted by atomic mass is 14.9. The van der Waals surface area contributed by atoms with E-state index in [4.69, 9.17) is 0 Å². The SMILES string of the molecule is CCC[C@H](C)CCNC(C)(C)C. The summed E-state index contributed by atoms with van der Waals surface area (Å²) >= 11 is 0. The molecular formula is C11H25N. The molecule has 0 fully saturated rings. The van der Waals surface area contributed by atoms with Crippen LogP contribution in [0.25, 0.3) is 0 Å². The van der Waals surface area contributed by atoms with Gasteiger partial charge in [-0.25, -0.2) is 0 Å². The first-order valence-electron chi connectivity index (χ1n) is 5.20. The van der Waals surface area contributed by atoms with Crippen molar-refractivity contribution in [2.24, 2.45) is 5.92 Å². The van der Waals surface area contributed by atoms with E-state index in [-0.39, 0.29) is 5.54 Å². The van der Waals surface area contributed by atoms with Gasteiger partial charge in [-0.2, -0.15) is 0 Å². The molecule has 12 heavy (non-hydrogen) atoms. The molecule has 1 N–H and O–H groups in total. The van der Waals surface area contributed by atoms with Crippen LogP contribution in [-0.4, -0.2) is 12.1 Å². The van der Waals surface area contributed by atoms with E-state index < -0.39 is 0 Å². The molecule has 0 amide bonds. The van der Waals surface area contributed by atoms with E-state index in [1.54, 1.807) is 0 Å². The Kier molecular flexibility index (Phi) is 5.56. The Balaban J connectivity index is 3.31. The standard InChI is InChI=1S/C11H25N/c1-6-7-10(2)8-9-12-11(3,4)5/h10,12H,6-9H2,1-5H3/t10-/m0/s1. The second-order valence-electron chi connectivity index (χ2n) is 4.86. The first-order valence-corrected chi connectivity index (χ1v) is 5.20. The van der Waals surface area contributed by atoms with Crippen molar-refractivity contribution in [1.29, 1.82) is 0 Å². The minimum absolute atomic E-state index is 0.284. The molecule has 74 valence electrons. The molecule has 0 heterocycles. The van der Waals surface area contributed by atoms with Gasteiger partial charge in [-0.3, -0.25) is 0 Å². The predicted molar refractivity (Wildman–Crippen MR) is 56.4 cm³/mol. The Morgan fingerprint density at radius 3 is 2.17 bits per heavy atom. The summed E-state index contributed by atoms with van der Waals surface area (Å²) in [5, 5.41) is 3.51. The second kappa shape index (κ2) is 5.58. The summed E-state index contributed by atoms with van der Waals surface area (Å²) in [6.07, 6.45) is 3.99. The monoisotopic (exact) mass is 171 g/mol. The zero-order valence-corrected chi connectivity index (χ0v) is 9.41. The molecule has 0 radical (unpaired) electrons. The third-order valence-electron chi connectivity index (χ3n) is 2.07. The molecule has 0 aromatic heterocycles. The fourth-order valence-corrected chi connectivity index (χ4v) is 1.33. The Morgan fingerprint density at radius 2 is 1.75 bits per heavy atom. The van der Waals surface area contributed by atoms with E-state index in [9.17, 15) is 0 Å². The maximum atomic E-state index is 3.51. The van der Waals surface area contributed by atoms with Crippen molar-refractivity contribution in [3.8, 4) is 0 Å². The summed E-state index contributed by atoms with van der Waals surface area (Å²) < 4.78 is 0. The van der Waals surface area contributed by atoms with Crippen LogP contribution in [0.1, 0.15) is 53.9 Å². The van der Waals surface area contributed by atoms with Crippen LogP contribution < -0.4 is 5.32 Å². The molecule has 1 atom stereocenters. The van der Waals surface area contributed by atoms with E-state index in [1.807, 2.05) is 0 Å². The maximum Gasteiger partial charge on any atom is 0.00965 e. The average Bonchev–Trinajstić information content (AvgIpc) is 1.84. The minimum atomic E-state index is 0.284. The maximum absolute atomic E-state index is 3.51. The van der Waals surface area contributed by atoms with Crippen LogP contribution in [0.4, 0.5) is 0 Å². The lowest BCUT2D eigenvalue weighted by Gasteiger charge is -2.21. The van der Waals surface area contributed by atoms with E-state index in [2.05, 4.69) is 39.9 Å². The summed E-state index contributed by atoms with van der Waals surface area (Å²) in [5.41, 5.74) is 0.284. The van der Waals surface area contributed by atoms with Crippen molar-refractivity contribution in [2.45, 2.75) is 59.4 Å². The van der Waals surface area contributed by atoms with Crippen molar-refractivity contribution in [3.63, 3.8) is 0 Å². The van der Waals surface area contributed by atoms with Gasteiger partial charge >= 0.3 is 0 Å². The van der Waals surface area contributed by atoms with Crippen LogP contribution in [0, 0.1) is 5.92 Å². The highest BCUT2D eigenvalue weighted by Gasteiger charge is 2.08. The molecule has 0 rings (SSSR count). The van der Waals surface area contributed by atoms with Crippen LogP contribution in [-0.2, 0) is 0 Å². The van der Waals surface area contributed by atoms with Gasteiger partial charge in [0.2, 0.25) is 0 Å². The van der Waals surface area contributed by atoms with Crippen molar-refractivity contribution in [3.05, 3.63) is 0 Å². The van der Waals surface area contributed by atoms with Crippen LogP contribution in [0.5, 0.6) is 0 Å². The molecule has 0 aliphatic heterocycles. The van der Waals surface area contributed by atoms with Crippen molar-refractivity contribution >= 4 is 0 Å². The van der Waals surface area contributed by atoms with Crippen molar-refractivity contribution in [2.75, 3.05) is 6.54 Å². The van der Waals surface area contributed by atoms with Gasteiger partial charge in [0.15, 0.2) is 0 Å². The smallest absolute Gasteiger partial charge is 0.00965 e. The minimum Gasteiger partial charge on any atom is -0.312 e. The summed E-state index contributed by atoms with van der Waals surface area (Å²) in [4.78, 5) is 0. The molecule has 1 heteroatoms. The lowest BCUT2D eigenvalue weighted by Crippen LogP contribution is -2.36. The number of hydrogen-bond acceptors (Lipinski definition) is 1. The van der Waals surface area contributed by atoms with Gasteiger partial charge in [-0.1, -0.05) is 26.7 Å². The Morgan fingerprint density at radius 1 is 1.17 bits per heavy atom. The van der Waals surface area contributed by atoms with Gasteiger partial charge < -0.3 is 5.32 Å². The molecule has 0 aromatic carbocycles. The molecule has 0 bridgehead atoms. The van der Waals surface area contributed by atoms with E-state index in [0.29, 0.717) is 0 Å². The first-order chi connectivity index (χ1) is 5.45. The van der Waals surface area contributed by atoms with Gasteiger partial charge in [0.05, 0.1) is 0 Å². The molecule has 0 saturated heterocycles. The first kappa shape index (κ1) is 12.0. The van der Waals surface area contributed by atoms with Gasteiger partial charge in [0.25, 0.3) is 0 Å². The van der Waals surface area contributed by atoms with E-state index in [0.717, 1.165) is 12.5 Å². The second-order valence-corrected chi connectivity index (χ2v) is 4.86. The van der Waals surface area contributed by atoms with Gasteiger partial charge in [0, 0.05) is 5.54 Å². The molecule has 0 aromatic rings. The largest absolute Gasteiger partial charge is 0.312 e. The molecular weight excluding hydrogens is 146 g/mol. The van der Waals surface area contributed by atoms with Crippen LogP contribution in [0.15, 0.2) is 0 Å². The third-order valence-corrected chi connectivity index (χ3v) is 2.07. The summed E-state index contributed by atoms with van der Waals surface area (Å²) in [7, 11) is 0. The molecule has 0 unspecified atom stereocenters. The average molecular weight is 171 g/mol. The van der Waals surface area contributed by atoms with Crippen LogP contribution in [0.2, 0.25) is 0 Å². The normalized spacial score (nSPS) is 14.8. The lowest BCUT2D eigenvalue weighted by atomic mass is 10.0. The topological polar surface area (TPSA) is 12.0 Å². The quantitative estimate of drug-likeness (QED) is 0.670. The van der Waals surface area contributed by atoms with Gasteiger partial charge in [-0.05, 0) is 39.7 Å². The molecule has 1 nitrogen and oxygen atoms in total. The predicted octanol–water partition coefficient (Wildman–Crippen LogP) is 3.20. The Bertz CT molecular complexity index is 102. The Labute approximate surface area is 77.9 Å². The molecule has 0 aliphatic carbocycles. The van der Waals surface area contributed by atoms with E-state index >= 15 is 0 Å². The highest BCUT2D eigenvalue weighted by Crippen LogP contribution is 2.09. The van der Waals surface area contributed by atoms with E-state index in [1.165, 1.54) is 19.3 Å². The fourth-order valence-electron chi connectivity index (χ4n) is 1.33. The summed E-state index contributed by atoms with van der Waals surface area (Å²) in [6, 6.07) is 0. The fraction of sp³-hybridized carbons (Fsp3) is 1.00. The molecule has 0 spiro atoms. The number of hydrogen-bond donors (Lipinski definition) is 1. The third kappa shape index (κ3) is 8.06. The van der Waals surface area contributed by atoms with Gasteiger partial charge in [-0.15, -0.1) is 0 Å². The lowest BCUT2D eigenvalue weighted by molar-refractivity contribution is 0.385. The van der Waals surface area contributed by atoms with Crippen LogP contribution in [0.3, 0.4) is 0 Å². The summed E-state index contributed by atoms with van der Waals surface area (Å²) in [5.74, 6) is 0.879. The van der Waals surface area contributed by atoms with Gasteiger partial charge in [0.1, 0.15) is 0 Å². The number of rotatable bonds is 5. The summed E-state index contributed by atoms with van der Waals surface area (Å²) in [6.45, 7) is 12.4. The molecule has 0 aliphatic rings. The van der Waals surface area contributed by atoms with Crippen molar-refractivity contribution in [1.82, 2.24) is 5.32 Å². The Hall–Kier alpha value is -0.0400.